The van der Waals surface area contributed by atoms with E-state index >= 15 is 0 Å². The Morgan fingerprint density at radius 2 is 1.95 bits per heavy atom. The molecule has 108 valence electrons. The topological polar surface area (TPSA) is 13.1 Å². The maximum atomic E-state index is 5.64. The molecule has 1 fully saturated rings. The number of benzene rings is 1. The summed E-state index contributed by atoms with van der Waals surface area (Å²) in [7, 11) is 2.06. The van der Waals surface area contributed by atoms with E-state index in [2.05, 4.69) is 52.3 Å². The first-order chi connectivity index (χ1) is 9.72. The lowest BCUT2D eigenvalue weighted by Crippen LogP contribution is -2.40. The van der Waals surface area contributed by atoms with Crippen LogP contribution in [-0.4, -0.2) is 26.6 Å². The molecule has 1 atom stereocenters. The summed E-state index contributed by atoms with van der Waals surface area (Å²) in [6.45, 7) is 4.42. The number of imidazole rings is 1. The van der Waals surface area contributed by atoms with Crippen molar-refractivity contribution in [1.29, 1.82) is 0 Å². The summed E-state index contributed by atoms with van der Waals surface area (Å²) in [5.74, 6) is 0. The molecular weight excluding hydrogens is 266 g/mol. The van der Waals surface area contributed by atoms with E-state index in [0.29, 0.717) is 6.04 Å². The van der Waals surface area contributed by atoms with Crippen LogP contribution < -0.4 is 0 Å². The van der Waals surface area contributed by atoms with Gasteiger partial charge in [0.15, 0.2) is 4.77 Å². The van der Waals surface area contributed by atoms with E-state index in [0.717, 1.165) is 11.4 Å². The molecule has 0 radical (unpaired) electrons. The van der Waals surface area contributed by atoms with Crippen molar-refractivity contribution in [2.24, 2.45) is 7.05 Å². The molecule has 0 aliphatic carbocycles. The van der Waals surface area contributed by atoms with Gasteiger partial charge in [-0.2, -0.15) is 0 Å². The summed E-state index contributed by atoms with van der Waals surface area (Å²) in [5, 5.41) is 0. The first-order valence-electron chi connectivity index (χ1n) is 7.60. The highest BCUT2D eigenvalue weighted by Gasteiger charge is 2.22. The Morgan fingerprint density at radius 3 is 2.70 bits per heavy atom. The second-order valence-electron chi connectivity index (χ2n) is 5.77. The fourth-order valence-corrected chi connectivity index (χ4v) is 3.64. The van der Waals surface area contributed by atoms with Crippen LogP contribution in [0.15, 0.2) is 24.3 Å². The number of aromatic nitrogens is 2. The highest BCUT2D eigenvalue weighted by molar-refractivity contribution is 7.71. The van der Waals surface area contributed by atoms with Gasteiger partial charge in [-0.1, -0.05) is 25.5 Å². The molecule has 0 saturated carbocycles. The van der Waals surface area contributed by atoms with E-state index in [4.69, 9.17) is 12.2 Å². The number of rotatable bonds is 3. The van der Waals surface area contributed by atoms with Gasteiger partial charge >= 0.3 is 0 Å². The van der Waals surface area contributed by atoms with Gasteiger partial charge in [0.05, 0.1) is 17.7 Å². The minimum Gasteiger partial charge on any atom is -0.320 e. The van der Waals surface area contributed by atoms with Crippen LogP contribution in [-0.2, 0) is 13.7 Å². The van der Waals surface area contributed by atoms with Crippen molar-refractivity contribution in [2.75, 3.05) is 6.54 Å². The molecular formula is C16H23N3S. The van der Waals surface area contributed by atoms with Gasteiger partial charge in [-0.25, -0.2) is 0 Å². The van der Waals surface area contributed by atoms with Gasteiger partial charge in [0.2, 0.25) is 0 Å². The largest absolute Gasteiger partial charge is 0.320 e. The van der Waals surface area contributed by atoms with Gasteiger partial charge in [-0.15, -0.1) is 0 Å². The summed E-state index contributed by atoms with van der Waals surface area (Å²) in [6, 6.07) is 9.22. The van der Waals surface area contributed by atoms with Crippen LogP contribution in [0.2, 0.25) is 0 Å². The van der Waals surface area contributed by atoms with Gasteiger partial charge in [0.25, 0.3) is 0 Å². The molecule has 0 N–H and O–H groups in total. The molecule has 1 aromatic heterocycles. The SMILES string of the molecule is CC[C@@H]1CCCCN1Cn1c(=S)n(C)c2ccccc21. The molecule has 1 saturated heterocycles. The predicted molar refractivity (Wildman–Crippen MR) is 86.4 cm³/mol. The minimum absolute atomic E-state index is 0.713. The van der Waals surface area contributed by atoms with Crippen LogP contribution in [0.5, 0.6) is 0 Å². The first-order valence-corrected chi connectivity index (χ1v) is 8.01. The second-order valence-corrected chi connectivity index (χ2v) is 6.14. The van der Waals surface area contributed by atoms with Crippen molar-refractivity contribution in [3.05, 3.63) is 29.0 Å². The van der Waals surface area contributed by atoms with Crippen LogP contribution in [0.3, 0.4) is 0 Å². The van der Waals surface area contributed by atoms with E-state index in [1.54, 1.807) is 0 Å². The lowest BCUT2D eigenvalue weighted by molar-refractivity contribution is 0.108. The average Bonchev–Trinajstić information content (AvgIpc) is 2.73. The average molecular weight is 289 g/mol. The zero-order chi connectivity index (χ0) is 14.1. The van der Waals surface area contributed by atoms with E-state index in [-0.39, 0.29) is 0 Å². The van der Waals surface area contributed by atoms with Gasteiger partial charge in [0.1, 0.15) is 0 Å². The maximum Gasteiger partial charge on any atom is 0.181 e. The van der Waals surface area contributed by atoms with Crippen LogP contribution in [0.1, 0.15) is 32.6 Å². The molecule has 0 amide bonds. The molecule has 4 heteroatoms. The summed E-state index contributed by atoms with van der Waals surface area (Å²) in [4.78, 5) is 2.60. The molecule has 1 aliphatic heterocycles. The Morgan fingerprint density at radius 1 is 1.20 bits per heavy atom. The third-order valence-corrected chi connectivity index (χ3v) is 5.09. The lowest BCUT2D eigenvalue weighted by Gasteiger charge is -2.35. The van der Waals surface area contributed by atoms with Crippen LogP contribution in [0, 0.1) is 4.77 Å². The lowest BCUT2D eigenvalue weighted by atomic mass is 10.0. The zero-order valence-electron chi connectivity index (χ0n) is 12.4. The fraction of sp³-hybridized carbons (Fsp3) is 0.562. The summed E-state index contributed by atoms with van der Waals surface area (Å²) in [5.41, 5.74) is 2.47. The monoisotopic (exact) mass is 289 g/mol. The molecule has 0 unspecified atom stereocenters. The van der Waals surface area contributed by atoms with E-state index < -0.39 is 0 Å². The van der Waals surface area contributed by atoms with E-state index in [1.807, 2.05) is 0 Å². The fourth-order valence-electron chi connectivity index (χ4n) is 3.39. The number of hydrogen-bond acceptors (Lipinski definition) is 2. The van der Waals surface area contributed by atoms with Crippen molar-refractivity contribution < 1.29 is 0 Å². The Kier molecular flexibility index (Phi) is 3.94. The number of hydrogen-bond donors (Lipinski definition) is 0. The minimum atomic E-state index is 0.713. The van der Waals surface area contributed by atoms with Gasteiger partial charge in [-0.3, -0.25) is 4.90 Å². The van der Waals surface area contributed by atoms with Crippen molar-refractivity contribution in [3.8, 4) is 0 Å². The molecule has 3 rings (SSSR count). The number of aryl methyl sites for hydroxylation is 1. The van der Waals surface area contributed by atoms with E-state index in [1.165, 1.54) is 43.3 Å². The van der Waals surface area contributed by atoms with Crippen molar-refractivity contribution in [2.45, 2.75) is 45.3 Å². The third-order valence-electron chi connectivity index (χ3n) is 4.60. The Bertz CT molecular complexity index is 655. The summed E-state index contributed by atoms with van der Waals surface area (Å²) in [6.07, 6.45) is 5.25. The standard InChI is InChI=1S/C16H23N3S/c1-3-13-8-6-7-11-18(13)12-19-15-10-5-4-9-14(15)17(2)16(19)20/h4-5,9-10,13H,3,6-8,11-12H2,1-2H3/t13-/m1/s1. The van der Waals surface area contributed by atoms with E-state index in [9.17, 15) is 0 Å². The van der Waals surface area contributed by atoms with Crippen molar-refractivity contribution in [3.63, 3.8) is 0 Å². The van der Waals surface area contributed by atoms with Crippen molar-refractivity contribution in [1.82, 2.24) is 14.0 Å². The smallest absolute Gasteiger partial charge is 0.181 e. The number of piperidine rings is 1. The molecule has 1 aromatic carbocycles. The number of fused-ring (bicyclic) bond motifs is 1. The summed E-state index contributed by atoms with van der Waals surface area (Å²) >= 11 is 5.64. The first kappa shape index (κ1) is 13.8. The zero-order valence-corrected chi connectivity index (χ0v) is 13.2. The normalized spacial score (nSPS) is 20.6. The van der Waals surface area contributed by atoms with Crippen molar-refractivity contribution >= 4 is 23.3 Å². The Hall–Kier alpha value is -1.13. The predicted octanol–water partition coefficient (Wildman–Crippen LogP) is 3.93. The third kappa shape index (κ3) is 2.31. The van der Waals surface area contributed by atoms with Crippen LogP contribution >= 0.6 is 12.2 Å². The number of para-hydroxylation sites is 2. The molecule has 0 spiro atoms. The maximum absolute atomic E-state index is 5.64. The number of likely N-dealkylation sites (tertiary alicyclic amines) is 1. The van der Waals surface area contributed by atoms with Gasteiger partial charge < -0.3 is 9.13 Å². The molecule has 2 aromatic rings. The van der Waals surface area contributed by atoms with Gasteiger partial charge in [0, 0.05) is 19.6 Å². The highest BCUT2D eigenvalue weighted by Crippen LogP contribution is 2.23. The van der Waals surface area contributed by atoms with Gasteiger partial charge in [-0.05, 0) is 43.6 Å². The second kappa shape index (κ2) is 5.70. The molecule has 0 bridgehead atoms. The Labute approximate surface area is 125 Å². The number of nitrogens with zero attached hydrogens (tertiary/aromatic N) is 3. The molecule has 1 aliphatic rings. The van der Waals surface area contributed by atoms with Crippen LogP contribution in [0.25, 0.3) is 11.0 Å². The quantitative estimate of drug-likeness (QED) is 0.794. The molecule has 20 heavy (non-hydrogen) atoms. The molecule has 3 nitrogen and oxygen atoms in total. The van der Waals surface area contributed by atoms with Crippen LogP contribution in [0.4, 0.5) is 0 Å². The Balaban J connectivity index is 1.98. The molecule has 2 heterocycles. The highest BCUT2D eigenvalue weighted by atomic mass is 32.1. The summed E-state index contributed by atoms with van der Waals surface area (Å²) < 4.78 is 5.33.